The SMILES string of the molecule is Nc1nc(-c2ccccc2CCO)cc2cc(NC(=O)[C@H]3C[C@@H]3c3cnsc3)ncc12. The smallest absolute Gasteiger partial charge is 0.229 e. The number of pyridine rings is 2. The molecule has 4 N–H and O–H groups in total. The van der Waals surface area contributed by atoms with E-state index in [1.54, 1.807) is 6.20 Å². The van der Waals surface area contributed by atoms with E-state index in [2.05, 4.69) is 19.7 Å². The van der Waals surface area contributed by atoms with Crippen LogP contribution >= 0.6 is 11.5 Å². The van der Waals surface area contributed by atoms with E-state index >= 15 is 0 Å². The Balaban J connectivity index is 1.42. The zero-order chi connectivity index (χ0) is 21.4. The quantitative estimate of drug-likeness (QED) is 0.430. The molecule has 4 aromatic rings. The maximum atomic E-state index is 12.7. The van der Waals surface area contributed by atoms with Crippen molar-refractivity contribution in [3.8, 4) is 11.3 Å². The van der Waals surface area contributed by atoms with Gasteiger partial charge in [0.15, 0.2) is 0 Å². The number of nitrogen functional groups attached to an aromatic ring is 1. The molecule has 0 bridgehead atoms. The third-order valence-electron chi connectivity index (χ3n) is 5.68. The minimum atomic E-state index is -0.0441. The molecule has 8 heteroatoms. The van der Waals surface area contributed by atoms with E-state index in [-0.39, 0.29) is 24.3 Å². The van der Waals surface area contributed by atoms with Crippen molar-refractivity contribution in [2.75, 3.05) is 17.7 Å². The second-order valence-electron chi connectivity index (χ2n) is 7.71. The summed E-state index contributed by atoms with van der Waals surface area (Å²) in [7, 11) is 0. The molecule has 0 aliphatic heterocycles. The van der Waals surface area contributed by atoms with E-state index in [1.165, 1.54) is 11.5 Å². The molecule has 1 saturated carbocycles. The summed E-state index contributed by atoms with van der Waals surface area (Å²) < 4.78 is 4.12. The fraction of sp³-hybridized carbons (Fsp3) is 0.217. The lowest BCUT2D eigenvalue weighted by atomic mass is 10.0. The molecular weight excluding hydrogens is 410 g/mol. The van der Waals surface area contributed by atoms with Gasteiger partial charge in [0.1, 0.15) is 11.6 Å². The topological polar surface area (TPSA) is 114 Å². The Morgan fingerprint density at radius 2 is 2.13 bits per heavy atom. The van der Waals surface area contributed by atoms with Crippen molar-refractivity contribution in [1.29, 1.82) is 0 Å². The van der Waals surface area contributed by atoms with Crippen LogP contribution in [0.15, 0.2) is 54.2 Å². The maximum absolute atomic E-state index is 12.7. The molecule has 3 heterocycles. The number of nitrogens with zero attached hydrogens (tertiary/aromatic N) is 3. The Bertz CT molecular complexity index is 1260. The first-order valence-electron chi connectivity index (χ1n) is 10.1. The lowest BCUT2D eigenvalue weighted by Crippen LogP contribution is -2.15. The van der Waals surface area contributed by atoms with E-state index in [9.17, 15) is 9.90 Å². The summed E-state index contributed by atoms with van der Waals surface area (Å²) in [5.74, 6) is 1.04. The number of fused-ring (bicyclic) bond motifs is 1. The van der Waals surface area contributed by atoms with Crippen molar-refractivity contribution in [1.82, 2.24) is 14.3 Å². The first-order valence-corrected chi connectivity index (χ1v) is 10.9. The molecule has 0 unspecified atom stereocenters. The van der Waals surface area contributed by atoms with Gasteiger partial charge >= 0.3 is 0 Å². The summed E-state index contributed by atoms with van der Waals surface area (Å²) in [4.78, 5) is 21.6. The van der Waals surface area contributed by atoms with E-state index in [4.69, 9.17) is 5.73 Å². The molecule has 1 amide bonds. The Kier molecular flexibility index (Phi) is 5.09. The van der Waals surface area contributed by atoms with E-state index in [0.29, 0.717) is 18.1 Å². The van der Waals surface area contributed by atoms with Crippen LogP contribution in [0.4, 0.5) is 11.6 Å². The van der Waals surface area contributed by atoms with Crippen LogP contribution in [0.25, 0.3) is 22.0 Å². The number of nitrogens with one attached hydrogen (secondary N) is 1. The van der Waals surface area contributed by atoms with Gasteiger partial charge in [-0.25, -0.2) is 14.3 Å². The lowest BCUT2D eigenvalue weighted by molar-refractivity contribution is -0.117. The fourth-order valence-electron chi connectivity index (χ4n) is 3.96. The van der Waals surface area contributed by atoms with Gasteiger partial charge in [-0.05, 0) is 58.9 Å². The molecule has 7 nitrogen and oxygen atoms in total. The van der Waals surface area contributed by atoms with Gasteiger partial charge in [-0.15, -0.1) is 0 Å². The van der Waals surface area contributed by atoms with Crippen LogP contribution in [0.2, 0.25) is 0 Å². The molecular formula is C23H21N5O2S. The molecule has 5 rings (SSSR count). The average Bonchev–Trinajstić information content (AvgIpc) is 3.39. The molecule has 156 valence electrons. The maximum Gasteiger partial charge on any atom is 0.229 e. The summed E-state index contributed by atoms with van der Waals surface area (Å²) in [6.45, 7) is 0.0593. The number of aliphatic hydroxyl groups excluding tert-OH is 1. The molecule has 0 radical (unpaired) electrons. The van der Waals surface area contributed by atoms with Crippen molar-refractivity contribution in [3.05, 3.63) is 65.3 Å². The molecule has 1 aromatic carbocycles. The number of hydrogen-bond donors (Lipinski definition) is 3. The number of carbonyl (C=O) groups excluding carboxylic acids is 1. The predicted octanol–water partition coefficient (Wildman–Crippen LogP) is 3.61. The van der Waals surface area contributed by atoms with Crippen LogP contribution in [0, 0.1) is 5.92 Å². The number of aliphatic hydroxyl groups is 1. The first kappa shape index (κ1) is 19.6. The minimum Gasteiger partial charge on any atom is -0.396 e. The summed E-state index contributed by atoms with van der Waals surface area (Å²) in [6, 6.07) is 11.6. The Hall–Kier alpha value is -3.36. The van der Waals surface area contributed by atoms with Crippen LogP contribution in [0.1, 0.15) is 23.5 Å². The van der Waals surface area contributed by atoms with Crippen molar-refractivity contribution in [2.45, 2.75) is 18.8 Å². The highest BCUT2D eigenvalue weighted by Crippen LogP contribution is 2.48. The molecule has 0 spiro atoms. The number of carbonyl (C=O) groups is 1. The van der Waals surface area contributed by atoms with Gasteiger partial charge < -0.3 is 16.2 Å². The molecule has 0 saturated heterocycles. The largest absolute Gasteiger partial charge is 0.396 e. The normalized spacial score (nSPS) is 17.6. The third kappa shape index (κ3) is 3.87. The van der Waals surface area contributed by atoms with Crippen molar-refractivity contribution in [3.63, 3.8) is 0 Å². The molecule has 1 aliphatic carbocycles. The summed E-state index contributed by atoms with van der Waals surface area (Å²) in [6.07, 6.45) is 4.85. The van der Waals surface area contributed by atoms with Crippen LogP contribution in [-0.4, -0.2) is 32.0 Å². The molecule has 2 atom stereocenters. The highest BCUT2D eigenvalue weighted by Gasteiger charge is 2.44. The Morgan fingerprint density at radius 3 is 2.94 bits per heavy atom. The lowest BCUT2D eigenvalue weighted by Gasteiger charge is -2.11. The van der Waals surface area contributed by atoms with Gasteiger partial charge in [-0.3, -0.25) is 4.79 Å². The average molecular weight is 432 g/mol. The van der Waals surface area contributed by atoms with Gasteiger partial charge in [0.2, 0.25) is 5.91 Å². The van der Waals surface area contributed by atoms with Crippen LogP contribution < -0.4 is 11.1 Å². The summed E-state index contributed by atoms with van der Waals surface area (Å²) in [5, 5.41) is 15.9. The van der Waals surface area contributed by atoms with Gasteiger partial charge in [-0.1, -0.05) is 24.3 Å². The number of benzene rings is 1. The number of hydrogen-bond acceptors (Lipinski definition) is 7. The highest BCUT2D eigenvalue weighted by atomic mass is 32.1. The molecule has 3 aromatic heterocycles. The van der Waals surface area contributed by atoms with Gasteiger partial charge in [0.05, 0.1) is 5.69 Å². The number of aromatic nitrogens is 3. The predicted molar refractivity (Wildman–Crippen MR) is 122 cm³/mol. The van der Waals surface area contributed by atoms with Gasteiger partial charge in [-0.2, -0.15) is 0 Å². The van der Waals surface area contributed by atoms with Crippen molar-refractivity contribution >= 4 is 39.8 Å². The zero-order valence-corrected chi connectivity index (χ0v) is 17.5. The van der Waals surface area contributed by atoms with Gasteiger partial charge in [0, 0.05) is 41.2 Å². The summed E-state index contributed by atoms with van der Waals surface area (Å²) in [5.41, 5.74) is 9.99. The van der Waals surface area contributed by atoms with E-state index in [0.717, 1.165) is 39.6 Å². The van der Waals surface area contributed by atoms with Gasteiger partial charge in [0.25, 0.3) is 0 Å². The second-order valence-corrected chi connectivity index (χ2v) is 8.37. The number of nitrogens with two attached hydrogens (primary N) is 1. The minimum absolute atomic E-state index is 0.0291. The van der Waals surface area contributed by atoms with Crippen LogP contribution in [0.5, 0.6) is 0 Å². The third-order valence-corrected chi connectivity index (χ3v) is 6.28. The summed E-state index contributed by atoms with van der Waals surface area (Å²) >= 11 is 1.41. The number of amides is 1. The highest BCUT2D eigenvalue weighted by molar-refractivity contribution is 7.03. The van der Waals surface area contributed by atoms with Crippen molar-refractivity contribution < 1.29 is 9.90 Å². The van der Waals surface area contributed by atoms with Crippen LogP contribution in [-0.2, 0) is 11.2 Å². The van der Waals surface area contributed by atoms with Crippen molar-refractivity contribution in [2.24, 2.45) is 5.92 Å². The Morgan fingerprint density at radius 1 is 1.26 bits per heavy atom. The number of anilines is 2. The van der Waals surface area contributed by atoms with Crippen LogP contribution in [0.3, 0.4) is 0 Å². The van der Waals surface area contributed by atoms with E-state index in [1.807, 2.05) is 48.0 Å². The second kappa shape index (κ2) is 8.05. The fourth-order valence-corrected chi connectivity index (χ4v) is 4.56. The molecule has 1 aliphatic rings. The Labute approximate surface area is 183 Å². The zero-order valence-electron chi connectivity index (χ0n) is 16.7. The number of rotatable bonds is 6. The molecule has 1 fully saturated rings. The molecule has 31 heavy (non-hydrogen) atoms. The monoisotopic (exact) mass is 431 g/mol. The first-order chi connectivity index (χ1) is 15.1. The van der Waals surface area contributed by atoms with E-state index < -0.39 is 0 Å². The standard InChI is InChI=1S/C23H21N5O2S/c24-22-19-11-25-21(28-23(30)18-9-17(18)15-10-26-31-12-15)8-14(19)7-20(27-22)16-4-2-1-3-13(16)5-6-29/h1-4,7-8,10-12,17-18,29H,5-6,9H2,(H2,24,27)(H,25,28,30)/t17-,18+/m1/s1.